The third kappa shape index (κ3) is 4.94. The molecule has 1 heterocycles. The van der Waals surface area contributed by atoms with Gasteiger partial charge in [-0.05, 0) is 38.0 Å². The molecule has 116 valence electrons. The third-order valence-corrected chi connectivity index (χ3v) is 3.91. The molecule has 0 spiro atoms. The normalized spacial score (nSPS) is 17.4. The molecule has 1 aromatic rings. The van der Waals surface area contributed by atoms with Gasteiger partial charge in [0.25, 0.3) is 10.1 Å². The number of benzene rings is 1. The van der Waals surface area contributed by atoms with E-state index in [2.05, 4.69) is 4.99 Å². The number of aryl methyl sites for hydroxylation is 3. The van der Waals surface area contributed by atoms with Crippen LogP contribution >= 0.6 is 0 Å². The summed E-state index contributed by atoms with van der Waals surface area (Å²) in [6, 6.07) is 3.46. The smallest absolute Gasteiger partial charge is 0.291 e. The lowest BCUT2D eigenvalue weighted by Crippen LogP contribution is -2.42. The monoisotopic (exact) mass is 312 g/mol. The summed E-state index contributed by atoms with van der Waals surface area (Å²) < 4.78 is 30.8. The molecule has 0 radical (unpaired) electrons. The van der Waals surface area contributed by atoms with Crippen LogP contribution in [-0.4, -0.2) is 30.5 Å². The predicted octanol–water partition coefficient (Wildman–Crippen LogP) is 0.861. The molecule has 5 N–H and O–H groups in total. The molecule has 21 heavy (non-hydrogen) atoms. The molecule has 7 nitrogen and oxygen atoms in total. The Labute approximate surface area is 124 Å². The van der Waals surface area contributed by atoms with Crippen molar-refractivity contribution in [1.82, 2.24) is 5.01 Å². The maximum atomic E-state index is 10.9. The summed E-state index contributed by atoms with van der Waals surface area (Å²) in [5.41, 5.74) is 7.49. The Bertz CT molecular complexity index is 629. The molecular formula is C13H20N4O3S. The van der Waals surface area contributed by atoms with Crippen LogP contribution in [0.25, 0.3) is 0 Å². The maximum absolute atomic E-state index is 10.9. The molecule has 0 bridgehead atoms. The fourth-order valence-corrected chi connectivity index (χ4v) is 2.95. The van der Waals surface area contributed by atoms with Gasteiger partial charge in [0.2, 0.25) is 0 Å². The molecule has 1 unspecified atom stereocenters. The molecule has 8 heteroatoms. The number of nitrogens with two attached hydrogens (primary N) is 2. The van der Waals surface area contributed by atoms with Crippen molar-refractivity contribution in [1.29, 1.82) is 0 Å². The average Bonchev–Trinajstić information content (AvgIpc) is 2.30. The van der Waals surface area contributed by atoms with Gasteiger partial charge in [-0.1, -0.05) is 17.7 Å². The maximum Gasteiger partial charge on any atom is 0.295 e. The zero-order chi connectivity index (χ0) is 16.2. The van der Waals surface area contributed by atoms with E-state index < -0.39 is 16.4 Å². The van der Waals surface area contributed by atoms with E-state index in [1.165, 1.54) is 5.01 Å². The zero-order valence-corrected chi connectivity index (χ0v) is 13.0. The number of hydrazine groups is 1. The first kappa shape index (κ1) is 17.3. The molecule has 1 atom stereocenters. The van der Waals surface area contributed by atoms with Crippen LogP contribution in [0.3, 0.4) is 0 Å². The van der Waals surface area contributed by atoms with Crippen molar-refractivity contribution in [3.63, 3.8) is 0 Å². The second-order valence-corrected chi connectivity index (χ2v) is 6.06. The minimum atomic E-state index is -4.08. The summed E-state index contributed by atoms with van der Waals surface area (Å²) in [7, 11) is -4.08. The van der Waals surface area contributed by atoms with E-state index in [1.54, 1.807) is 44.5 Å². The van der Waals surface area contributed by atoms with Crippen molar-refractivity contribution in [2.45, 2.75) is 32.0 Å². The molecule has 0 fully saturated rings. The fraction of sp³-hybridized carbons (Fsp3) is 0.308. The highest BCUT2D eigenvalue weighted by Gasteiger charge is 2.15. The minimum absolute atomic E-state index is 0.0260. The van der Waals surface area contributed by atoms with Gasteiger partial charge in [-0.2, -0.15) is 8.42 Å². The summed E-state index contributed by atoms with van der Waals surface area (Å²) in [6.07, 6.45) is 4.61. The highest BCUT2D eigenvalue weighted by Crippen LogP contribution is 2.20. The van der Waals surface area contributed by atoms with Gasteiger partial charge in [0.05, 0.1) is 4.90 Å². The van der Waals surface area contributed by atoms with E-state index in [0.29, 0.717) is 11.1 Å². The first-order valence-corrected chi connectivity index (χ1v) is 7.61. The Hall–Kier alpha value is -1.74. The number of hydrogen-bond donors (Lipinski definition) is 3. The quantitative estimate of drug-likeness (QED) is 0.522. The van der Waals surface area contributed by atoms with Gasteiger partial charge in [0, 0.05) is 12.4 Å². The molecule has 0 aromatic heterocycles. The van der Waals surface area contributed by atoms with E-state index >= 15 is 0 Å². The highest BCUT2D eigenvalue weighted by molar-refractivity contribution is 7.86. The molecule has 0 saturated carbocycles. The van der Waals surface area contributed by atoms with Crippen LogP contribution in [-0.2, 0) is 10.1 Å². The minimum Gasteiger partial charge on any atom is -0.291 e. The van der Waals surface area contributed by atoms with Crippen molar-refractivity contribution in [3.05, 3.63) is 41.1 Å². The second-order valence-electron chi connectivity index (χ2n) is 4.70. The third-order valence-electron chi connectivity index (χ3n) is 2.75. The number of allylic oxidation sites excluding steroid dienone is 1. The largest absolute Gasteiger partial charge is 0.295 e. The second kappa shape index (κ2) is 6.81. The van der Waals surface area contributed by atoms with Gasteiger partial charge in [-0.3, -0.25) is 20.3 Å². The summed E-state index contributed by atoms with van der Waals surface area (Å²) in [4.78, 5) is 3.80. The van der Waals surface area contributed by atoms with Gasteiger partial charge in [0.1, 0.15) is 0 Å². The average molecular weight is 312 g/mol. The van der Waals surface area contributed by atoms with Crippen LogP contribution in [0.4, 0.5) is 0 Å². The molecule has 1 aliphatic heterocycles. The number of rotatable bonds is 1. The predicted molar refractivity (Wildman–Crippen MR) is 82.1 cm³/mol. The molecular weight excluding hydrogens is 292 g/mol. The molecule has 0 saturated heterocycles. The molecule has 1 aliphatic rings. The lowest BCUT2D eigenvalue weighted by atomic mass is 10.1. The summed E-state index contributed by atoms with van der Waals surface area (Å²) in [5, 5.41) is 1.33. The highest BCUT2D eigenvalue weighted by atomic mass is 32.2. The lowest BCUT2D eigenvalue weighted by molar-refractivity contribution is 0.297. The van der Waals surface area contributed by atoms with E-state index in [-0.39, 0.29) is 4.90 Å². The van der Waals surface area contributed by atoms with Crippen LogP contribution in [0, 0.1) is 20.8 Å². The standard InChI is InChI=1S/C9H12O3S.C4H8N4/c1-6-4-7(2)9(8(3)5-6)13(10,11)12;5-4-7-2-1-3-8(4)6/h4-5H,1-3H3,(H,10,11,12);1-4H,5-6H2. The Kier molecular flexibility index (Phi) is 5.62. The fourth-order valence-electron chi connectivity index (χ4n) is 2.01. The van der Waals surface area contributed by atoms with Crippen LogP contribution in [0.2, 0.25) is 0 Å². The van der Waals surface area contributed by atoms with E-state index in [4.69, 9.17) is 16.1 Å². The Morgan fingerprint density at radius 2 is 1.76 bits per heavy atom. The first-order valence-electron chi connectivity index (χ1n) is 6.17. The lowest BCUT2D eigenvalue weighted by Gasteiger charge is -2.19. The van der Waals surface area contributed by atoms with Crippen molar-refractivity contribution in [2.75, 3.05) is 0 Å². The van der Waals surface area contributed by atoms with Crippen LogP contribution in [0.1, 0.15) is 16.7 Å². The molecule has 2 rings (SSSR count). The van der Waals surface area contributed by atoms with Gasteiger partial charge < -0.3 is 0 Å². The van der Waals surface area contributed by atoms with Gasteiger partial charge in [-0.25, -0.2) is 5.84 Å². The van der Waals surface area contributed by atoms with Gasteiger partial charge in [-0.15, -0.1) is 0 Å². The topological polar surface area (TPSA) is 122 Å². The number of nitrogens with zero attached hydrogens (tertiary/aromatic N) is 2. The summed E-state index contributed by atoms with van der Waals surface area (Å²) >= 11 is 0. The van der Waals surface area contributed by atoms with Gasteiger partial charge >= 0.3 is 0 Å². The molecule has 1 aromatic carbocycles. The SMILES string of the molecule is Cc1cc(C)c(S(=O)(=O)O)c(C)c1.NC1N=CC=CN1N. The summed E-state index contributed by atoms with van der Waals surface area (Å²) in [6.45, 7) is 5.22. The van der Waals surface area contributed by atoms with Crippen molar-refractivity contribution in [2.24, 2.45) is 16.6 Å². The van der Waals surface area contributed by atoms with E-state index in [1.807, 2.05) is 6.92 Å². The molecule has 0 amide bonds. The molecule has 0 aliphatic carbocycles. The van der Waals surface area contributed by atoms with Crippen LogP contribution < -0.4 is 11.6 Å². The van der Waals surface area contributed by atoms with Crippen LogP contribution in [0.15, 0.2) is 34.3 Å². The van der Waals surface area contributed by atoms with E-state index in [9.17, 15) is 8.42 Å². The van der Waals surface area contributed by atoms with E-state index in [0.717, 1.165) is 5.56 Å². The summed E-state index contributed by atoms with van der Waals surface area (Å²) in [5.74, 6) is 5.29. The van der Waals surface area contributed by atoms with Crippen molar-refractivity contribution >= 4 is 16.3 Å². The Morgan fingerprint density at radius 3 is 2.10 bits per heavy atom. The van der Waals surface area contributed by atoms with Crippen LogP contribution in [0.5, 0.6) is 0 Å². The van der Waals surface area contributed by atoms with Crippen molar-refractivity contribution < 1.29 is 13.0 Å². The van der Waals surface area contributed by atoms with Gasteiger partial charge in [0.15, 0.2) is 6.29 Å². The Morgan fingerprint density at radius 1 is 1.24 bits per heavy atom. The first-order chi connectivity index (χ1) is 9.62. The zero-order valence-electron chi connectivity index (χ0n) is 12.2. The van der Waals surface area contributed by atoms with Crippen molar-refractivity contribution in [3.8, 4) is 0 Å². The Balaban J connectivity index is 0.000000235. The number of hydrogen-bond acceptors (Lipinski definition) is 6. The number of aliphatic imine (C=N–C) groups is 1.